The van der Waals surface area contributed by atoms with Gasteiger partial charge in [0, 0.05) is 22.3 Å². The van der Waals surface area contributed by atoms with E-state index in [1.165, 1.54) is 11.1 Å². The van der Waals surface area contributed by atoms with Crippen LogP contribution in [0, 0.1) is 0 Å². The van der Waals surface area contributed by atoms with Gasteiger partial charge in [0.15, 0.2) is 11.6 Å². The summed E-state index contributed by atoms with van der Waals surface area (Å²) in [6, 6.07) is 28.1. The Morgan fingerprint density at radius 1 is 0.441 bits per heavy atom. The number of carbonyl (C=O) groups excluding carboxylic acids is 2. The van der Waals surface area contributed by atoms with Crippen molar-refractivity contribution >= 4 is 11.6 Å². The molecule has 0 saturated heterocycles. The van der Waals surface area contributed by atoms with Crippen molar-refractivity contribution in [2.75, 3.05) is 0 Å². The number of ketones is 2. The second-order valence-corrected chi connectivity index (χ2v) is 9.07. The second kappa shape index (κ2) is 9.23. The summed E-state index contributed by atoms with van der Waals surface area (Å²) in [4.78, 5) is 26.8. The summed E-state index contributed by atoms with van der Waals surface area (Å²) >= 11 is 0. The third-order valence-electron chi connectivity index (χ3n) is 6.67. The maximum absolute atomic E-state index is 13.4. The number of rotatable bonds is 6. The van der Waals surface area contributed by atoms with Crippen LogP contribution in [0.2, 0.25) is 0 Å². The third-order valence-corrected chi connectivity index (χ3v) is 6.67. The lowest BCUT2D eigenvalue weighted by Gasteiger charge is -2.19. The van der Waals surface area contributed by atoms with Gasteiger partial charge < -0.3 is 0 Å². The molecule has 0 unspecified atom stereocenters. The van der Waals surface area contributed by atoms with Crippen molar-refractivity contribution in [3.05, 3.63) is 118 Å². The van der Waals surface area contributed by atoms with E-state index >= 15 is 0 Å². The summed E-state index contributed by atoms with van der Waals surface area (Å²) in [5, 5.41) is 0. The van der Waals surface area contributed by atoms with Gasteiger partial charge in [-0.2, -0.15) is 0 Å². The van der Waals surface area contributed by atoms with Gasteiger partial charge >= 0.3 is 0 Å². The summed E-state index contributed by atoms with van der Waals surface area (Å²) in [7, 11) is 0. The molecule has 2 nitrogen and oxygen atoms in total. The monoisotopic (exact) mass is 444 g/mol. The number of hydrogen-bond acceptors (Lipinski definition) is 2. The molecule has 4 aromatic carbocycles. The fraction of sp³-hybridized carbons (Fsp3) is 0.188. The Morgan fingerprint density at radius 2 is 0.794 bits per heavy atom. The number of aryl methyl sites for hydroxylation is 2. The van der Waals surface area contributed by atoms with Crippen molar-refractivity contribution in [2.24, 2.45) is 0 Å². The summed E-state index contributed by atoms with van der Waals surface area (Å²) < 4.78 is 0. The first kappa shape index (κ1) is 22.0. The van der Waals surface area contributed by atoms with E-state index in [1.807, 2.05) is 24.3 Å². The molecule has 0 N–H and O–H groups in total. The van der Waals surface area contributed by atoms with E-state index in [0.29, 0.717) is 22.3 Å². The lowest BCUT2D eigenvalue weighted by atomic mass is 9.81. The van der Waals surface area contributed by atoms with Crippen molar-refractivity contribution in [1.29, 1.82) is 0 Å². The van der Waals surface area contributed by atoms with E-state index in [9.17, 15) is 9.59 Å². The van der Waals surface area contributed by atoms with Gasteiger partial charge in [-0.05, 0) is 70.5 Å². The Labute approximate surface area is 201 Å². The van der Waals surface area contributed by atoms with Gasteiger partial charge in [0.1, 0.15) is 0 Å². The number of benzene rings is 4. The van der Waals surface area contributed by atoms with Crippen LogP contribution < -0.4 is 0 Å². The molecule has 5 rings (SSSR count). The molecular formula is C32H28O2. The molecule has 168 valence electrons. The van der Waals surface area contributed by atoms with Crippen molar-refractivity contribution in [3.63, 3.8) is 0 Å². The van der Waals surface area contributed by atoms with Crippen LogP contribution in [0.15, 0.2) is 84.9 Å². The van der Waals surface area contributed by atoms with Crippen LogP contribution in [0.4, 0.5) is 0 Å². The first-order chi connectivity index (χ1) is 16.6. The Bertz CT molecular complexity index is 1270. The molecule has 0 aromatic heterocycles. The van der Waals surface area contributed by atoms with E-state index < -0.39 is 0 Å². The van der Waals surface area contributed by atoms with Crippen molar-refractivity contribution in [3.8, 4) is 22.3 Å². The third kappa shape index (κ3) is 4.01. The molecule has 0 amide bonds. The zero-order valence-corrected chi connectivity index (χ0v) is 19.7. The highest BCUT2D eigenvalue weighted by atomic mass is 16.1. The molecule has 0 fully saturated rings. The van der Waals surface area contributed by atoms with Gasteiger partial charge in [0.05, 0.1) is 0 Å². The molecular weight excluding hydrogens is 416 g/mol. The van der Waals surface area contributed by atoms with Crippen LogP contribution >= 0.6 is 0 Å². The Kier molecular flexibility index (Phi) is 5.98. The molecule has 4 aromatic rings. The molecule has 0 aliphatic heterocycles. The first-order valence-corrected chi connectivity index (χ1v) is 12.1. The van der Waals surface area contributed by atoms with Gasteiger partial charge in [-0.25, -0.2) is 0 Å². The van der Waals surface area contributed by atoms with Crippen LogP contribution in [-0.4, -0.2) is 11.6 Å². The largest absolute Gasteiger partial charge is 0.289 e. The highest BCUT2D eigenvalue weighted by Crippen LogP contribution is 2.33. The van der Waals surface area contributed by atoms with Gasteiger partial charge in [0.2, 0.25) is 0 Å². The van der Waals surface area contributed by atoms with Crippen molar-refractivity contribution in [1.82, 2.24) is 0 Å². The Morgan fingerprint density at radius 3 is 1.15 bits per heavy atom. The molecule has 0 saturated carbocycles. The van der Waals surface area contributed by atoms with E-state index in [0.717, 1.165) is 47.9 Å². The van der Waals surface area contributed by atoms with Crippen LogP contribution in [0.5, 0.6) is 0 Å². The van der Waals surface area contributed by atoms with E-state index in [-0.39, 0.29) is 11.6 Å². The highest BCUT2D eigenvalue weighted by Gasteiger charge is 2.30. The summed E-state index contributed by atoms with van der Waals surface area (Å²) in [5.41, 5.74) is 8.57. The molecule has 2 heteroatoms. The predicted molar refractivity (Wildman–Crippen MR) is 139 cm³/mol. The standard InChI is InChI=1S/C32H28O2/c1-3-5-21-7-11-23(12-8-21)25-15-17-27-29(19-25)31(33)28-18-16-26(20-30(28)32(27)34)24-13-9-22(6-4-2)10-14-24/h7-20H,3-6H2,1-2H3. The minimum absolute atomic E-state index is 0.0844. The molecule has 0 spiro atoms. The minimum Gasteiger partial charge on any atom is -0.289 e. The second-order valence-electron chi connectivity index (χ2n) is 9.07. The van der Waals surface area contributed by atoms with E-state index in [4.69, 9.17) is 0 Å². The average molecular weight is 445 g/mol. The van der Waals surface area contributed by atoms with Crippen LogP contribution in [-0.2, 0) is 12.8 Å². The molecule has 34 heavy (non-hydrogen) atoms. The molecule has 0 radical (unpaired) electrons. The van der Waals surface area contributed by atoms with Gasteiger partial charge in [-0.15, -0.1) is 0 Å². The molecule has 1 aliphatic carbocycles. The molecule has 0 bridgehead atoms. The van der Waals surface area contributed by atoms with Gasteiger partial charge in [0.25, 0.3) is 0 Å². The lowest BCUT2D eigenvalue weighted by molar-refractivity contribution is 0.0979. The van der Waals surface area contributed by atoms with Crippen LogP contribution in [0.3, 0.4) is 0 Å². The molecule has 0 atom stereocenters. The van der Waals surface area contributed by atoms with E-state index in [1.54, 1.807) is 12.1 Å². The van der Waals surface area contributed by atoms with Crippen LogP contribution in [0.25, 0.3) is 22.3 Å². The predicted octanol–water partition coefficient (Wildman–Crippen LogP) is 7.70. The minimum atomic E-state index is -0.0844. The number of fused-ring (bicyclic) bond motifs is 2. The fourth-order valence-electron chi connectivity index (χ4n) is 4.81. The average Bonchev–Trinajstić information content (AvgIpc) is 2.88. The topological polar surface area (TPSA) is 34.1 Å². The fourth-order valence-corrected chi connectivity index (χ4v) is 4.81. The normalized spacial score (nSPS) is 12.4. The first-order valence-electron chi connectivity index (χ1n) is 12.1. The van der Waals surface area contributed by atoms with Crippen molar-refractivity contribution < 1.29 is 9.59 Å². The molecule has 0 heterocycles. The maximum Gasteiger partial charge on any atom is 0.194 e. The maximum atomic E-state index is 13.4. The summed E-state index contributed by atoms with van der Waals surface area (Å²) in [6.07, 6.45) is 4.33. The highest BCUT2D eigenvalue weighted by molar-refractivity contribution is 6.29. The van der Waals surface area contributed by atoms with Gasteiger partial charge in [-0.3, -0.25) is 9.59 Å². The smallest absolute Gasteiger partial charge is 0.194 e. The Balaban J connectivity index is 1.48. The molecule has 1 aliphatic rings. The SMILES string of the molecule is CCCc1ccc(-c2ccc3c(c2)C(=O)c2ccc(-c4ccc(CCC)cc4)cc2C3=O)cc1. The quantitative estimate of drug-likeness (QED) is 0.269. The van der Waals surface area contributed by atoms with Crippen LogP contribution in [0.1, 0.15) is 69.7 Å². The van der Waals surface area contributed by atoms with Crippen molar-refractivity contribution in [2.45, 2.75) is 39.5 Å². The van der Waals surface area contributed by atoms with Gasteiger partial charge in [-0.1, -0.05) is 87.4 Å². The van der Waals surface area contributed by atoms with E-state index in [2.05, 4.69) is 62.4 Å². The summed E-state index contributed by atoms with van der Waals surface area (Å²) in [6.45, 7) is 4.34. The zero-order valence-electron chi connectivity index (χ0n) is 19.7. The number of hydrogen-bond donors (Lipinski definition) is 0. The number of carbonyl (C=O) groups is 2. The summed E-state index contributed by atoms with van der Waals surface area (Å²) in [5.74, 6) is -0.169. The lowest BCUT2D eigenvalue weighted by Crippen LogP contribution is -2.21. The Hall–Kier alpha value is -3.78. The zero-order chi connectivity index (χ0) is 23.7.